The van der Waals surface area contributed by atoms with Gasteiger partial charge in [-0.2, -0.15) is 0 Å². The van der Waals surface area contributed by atoms with E-state index in [9.17, 15) is 14.0 Å². The number of rotatable bonds is 3. The molecule has 0 radical (unpaired) electrons. The summed E-state index contributed by atoms with van der Waals surface area (Å²) in [5.74, 6) is -1.24. The van der Waals surface area contributed by atoms with Crippen LogP contribution in [0.5, 0.6) is 0 Å². The van der Waals surface area contributed by atoms with Gasteiger partial charge < -0.3 is 10.7 Å². The number of nitrogens with one attached hydrogen (secondary N) is 2. The summed E-state index contributed by atoms with van der Waals surface area (Å²) in [6, 6.07) is 5.96. The van der Waals surface area contributed by atoms with Crippen LogP contribution in [0.15, 0.2) is 30.3 Å². The van der Waals surface area contributed by atoms with E-state index in [1.54, 1.807) is 0 Å². The molecular weight excluding hydrogens is 340 g/mol. The lowest BCUT2D eigenvalue weighted by Crippen LogP contribution is -2.27. The largest absolute Gasteiger partial charge is 0.340 e. The first kappa shape index (κ1) is 16.3. The first-order valence-corrected chi connectivity index (χ1v) is 7.20. The fourth-order valence-corrected chi connectivity index (χ4v) is 2.44. The van der Waals surface area contributed by atoms with Crippen LogP contribution >= 0.6 is 11.6 Å². The molecule has 0 atom stereocenters. The zero-order valence-electron chi connectivity index (χ0n) is 12.1. The molecule has 1 aromatic heterocycles. The molecule has 9 heteroatoms. The summed E-state index contributed by atoms with van der Waals surface area (Å²) in [6.45, 7) is 0.0668. The van der Waals surface area contributed by atoms with Gasteiger partial charge in [-0.3, -0.25) is 10.6 Å². The molecule has 0 amide bonds. The zero-order valence-corrected chi connectivity index (χ0v) is 12.9. The van der Waals surface area contributed by atoms with Gasteiger partial charge in [0, 0.05) is 5.56 Å². The average molecular weight is 352 g/mol. The van der Waals surface area contributed by atoms with Crippen molar-refractivity contribution in [1.82, 2.24) is 9.97 Å². The molecule has 0 aliphatic heterocycles. The van der Waals surface area contributed by atoms with Crippen LogP contribution in [0.2, 0.25) is 5.02 Å². The quantitative estimate of drug-likeness (QED) is 0.330. The summed E-state index contributed by atoms with van der Waals surface area (Å²) < 4.78 is 27.1. The smallest absolute Gasteiger partial charge is 0.159 e. The van der Waals surface area contributed by atoms with E-state index in [1.807, 2.05) is 0 Å². The number of amidine groups is 1. The van der Waals surface area contributed by atoms with Gasteiger partial charge in [-0.05, 0) is 30.3 Å². The van der Waals surface area contributed by atoms with Crippen molar-refractivity contribution in [3.63, 3.8) is 0 Å². The van der Waals surface area contributed by atoms with Crippen molar-refractivity contribution in [3.05, 3.63) is 58.4 Å². The maximum atomic E-state index is 13.9. The van der Waals surface area contributed by atoms with Gasteiger partial charge in [0.05, 0.1) is 22.8 Å². The number of aromatic nitrogens is 2. The number of H-pyrrole nitrogens is 1. The Kier molecular flexibility index (Phi) is 4.18. The Hall–Kier alpha value is -2.55. The lowest BCUT2D eigenvalue weighted by Gasteiger charge is -2.18. The number of anilines is 1. The topological polar surface area (TPSA) is 102 Å². The molecule has 0 saturated heterocycles. The van der Waals surface area contributed by atoms with Gasteiger partial charge in [0.15, 0.2) is 11.7 Å². The Labute approximate surface area is 139 Å². The first-order chi connectivity index (χ1) is 11.4. The van der Waals surface area contributed by atoms with E-state index in [-0.39, 0.29) is 39.7 Å². The highest BCUT2D eigenvalue weighted by molar-refractivity contribution is 6.31. The van der Waals surface area contributed by atoms with Gasteiger partial charge in [0.1, 0.15) is 17.2 Å². The van der Waals surface area contributed by atoms with E-state index < -0.39 is 11.6 Å². The minimum Gasteiger partial charge on any atom is -0.340 e. The zero-order chi connectivity index (χ0) is 17.4. The molecule has 0 aliphatic rings. The van der Waals surface area contributed by atoms with Crippen molar-refractivity contribution in [3.8, 4) is 0 Å². The summed E-state index contributed by atoms with van der Waals surface area (Å²) in [7, 11) is 0. The number of hydrogen-bond acceptors (Lipinski definition) is 4. The van der Waals surface area contributed by atoms with Gasteiger partial charge in [-0.25, -0.2) is 18.8 Å². The van der Waals surface area contributed by atoms with Gasteiger partial charge in [-0.15, -0.1) is 0 Å². The summed E-state index contributed by atoms with van der Waals surface area (Å²) in [6.07, 6.45) is 0. The fraction of sp³-hybridized carbons (Fsp3) is 0.0667. The number of nitrogens with zero attached hydrogens (tertiary/aromatic N) is 2. The van der Waals surface area contributed by atoms with Crippen molar-refractivity contribution in [2.45, 2.75) is 6.54 Å². The number of imidazole rings is 1. The average Bonchev–Trinajstić information content (AvgIpc) is 3.02. The maximum absolute atomic E-state index is 13.9. The molecule has 5 N–H and O–H groups in total. The third kappa shape index (κ3) is 2.71. The molecule has 6 nitrogen and oxygen atoms in total. The fourth-order valence-electron chi connectivity index (χ4n) is 2.26. The van der Waals surface area contributed by atoms with Gasteiger partial charge in [0.2, 0.25) is 0 Å². The van der Waals surface area contributed by atoms with E-state index in [0.717, 1.165) is 12.1 Å². The van der Waals surface area contributed by atoms with Gasteiger partial charge in [0.25, 0.3) is 0 Å². The molecule has 1 heterocycles. The van der Waals surface area contributed by atoms with Crippen LogP contribution in [-0.4, -0.2) is 21.0 Å². The Morgan fingerprint density at radius 1 is 1.29 bits per heavy atom. The van der Waals surface area contributed by atoms with Crippen molar-refractivity contribution in [1.29, 1.82) is 5.41 Å². The van der Waals surface area contributed by atoms with Crippen LogP contribution in [0.1, 0.15) is 11.4 Å². The number of nitrogens with two attached hydrogens (primary N) is 1. The lowest BCUT2D eigenvalue weighted by atomic mass is 10.1. The first-order valence-electron chi connectivity index (χ1n) is 6.82. The van der Waals surface area contributed by atoms with Gasteiger partial charge in [-0.1, -0.05) is 11.6 Å². The second-order valence-electron chi connectivity index (χ2n) is 4.96. The second kappa shape index (κ2) is 6.16. The second-order valence-corrected chi connectivity index (χ2v) is 5.37. The third-order valence-corrected chi connectivity index (χ3v) is 3.74. The highest BCUT2D eigenvalue weighted by Gasteiger charge is 2.19. The molecular formula is C15H12ClF2N5O. The molecule has 0 unspecified atom stereocenters. The minimum absolute atomic E-state index is 0.0169. The number of aromatic amines is 1. The SMILES string of the molecule is N=C(c1ccc(F)c2nc(CN)[nH]c12)N(O)c1ccc(F)c(Cl)c1. The van der Waals surface area contributed by atoms with E-state index in [1.165, 1.54) is 18.2 Å². The molecule has 2 aromatic carbocycles. The van der Waals surface area contributed by atoms with E-state index in [2.05, 4.69) is 9.97 Å². The molecule has 0 fully saturated rings. The number of halogens is 3. The van der Waals surface area contributed by atoms with Crippen molar-refractivity contribution in [2.24, 2.45) is 5.73 Å². The maximum Gasteiger partial charge on any atom is 0.159 e. The predicted octanol–water partition coefficient (Wildman–Crippen LogP) is 3.17. The number of hydrogen-bond donors (Lipinski definition) is 4. The van der Waals surface area contributed by atoms with Crippen molar-refractivity contribution < 1.29 is 14.0 Å². The molecule has 0 spiro atoms. The van der Waals surface area contributed by atoms with Crippen LogP contribution in [0.4, 0.5) is 14.5 Å². The van der Waals surface area contributed by atoms with Crippen LogP contribution < -0.4 is 10.8 Å². The summed E-state index contributed by atoms with van der Waals surface area (Å²) >= 11 is 5.68. The summed E-state index contributed by atoms with van der Waals surface area (Å²) in [4.78, 5) is 6.83. The van der Waals surface area contributed by atoms with E-state index in [0.29, 0.717) is 10.9 Å². The third-order valence-electron chi connectivity index (χ3n) is 3.45. The highest BCUT2D eigenvalue weighted by Crippen LogP contribution is 2.25. The molecule has 0 bridgehead atoms. The molecule has 0 saturated carbocycles. The molecule has 124 valence electrons. The molecule has 24 heavy (non-hydrogen) atoms. The summed E-state index contributed by atoms with van der Waals surface area (Å²) in [5, 5.41) is 18.7. The Morgan fingerprint density at radius 2 is 2.00 bits per heavy atom. The summed E-state index contributed by atoms with van der Waals surface area (Å²) in [5.41, 5.74) is 6.02. The highest BCUT2D eigenvalue weighted by atomic mass is 35.5. The number of benzene rings is 2. The number of fused-ring (bicyclic) bond motifs is 1. The van der Waals surface area contributed by atoms with E-state index in [4.69, 9.17) is 22.7 Å². The lowest BCUT2D eigenvalue weighted by molar-refractivity contribution is 0.312. The normalized spacial score (nSPS) is 11.0. The van der Waals surface area contributed by atoms with Gasteiger partial charge >= 0.3 is 0 Å². The Morgan fingerprint density at radius 3 is 2.67 bits per heavy atom. The number of hydroxylamine groups is 1. The Balaban J connectivity index is 2.06. The predicted molar refractivity (Wildman–Crippen MR) is 86.4 cm³/mol. The van der Waals surface area contributed by atoms with Crippen LogP contribution in [-0.2, 0) is 6.54 Å². The van der Waals surface area contributed by atoms with Crippen LogP contribution in [0.25, 0.3) is 11.0 Å². The monoisotopic (exact) mass is 351 g/mol. The standard InChI is InChI=1S/C15H12ClF2N5O/c16-9-5-7(1-3-10(9)17)23(24)15(20)8-2-4-11(18)14-13(8)21-12(6-19)22-14/h1-5,20,24H,6,19H2,(H,21,22). The molecule has 3 rings (SSSR count). The van der Waals surface area contributed by atoms with Crippen molar-refractivity contribution in [2.75, 3.05) is 5.06 Å². The molecule has 0 aliphatic carbocycles. The van der Waals surface area contributed by atoms with Crippen LogP contribution in [0.3, 0.4) is 0 Å². The Bertz CT molecular complexity index is 943. The van der Waals surface area contributed by atoms with Crippen LogP contribution in [0, 0.1) is 17.0 Å². The van der Waals surface area contributed by atoms with Crippen molar-refractivity contribution >= 4 is 34.2 Å². The minimum atomic E-state index is -0.648. The molecule has 3 aromatic rings. The van der Waals surface area contributed by atoms with E-state index >= 15 is 0 Å².